The van der Waals surface area contributed by atoms with Crippen molar-refractivity contribution in [1.29, 1.82) is 0 Å². The van der Waals surface area contributed by atoms with E-state index in [4.69, 9.17) is 9.31 Å². The number of nitrogens with one attached hydrogen (secondary N) is 1. The maximum atomic E-state index is 5.94. The van der Waals surface area contributed by atoms with E-state index in [0.29, 0.717) is 5.92 Å². The summed E-state index contributed by atoms with van der Waals surface area (Å²) in [7, 11) is -0.300. The predicted molar refractivity (Wildman–Crippen MR) is 85.0 cm³/mol. The second-order valence-corrected chi connectivity index (χ2v) is 6.86. The van der Waals surface area contributed by atoms with Gasteiger partial charge in [0.25, 0.3) is 0 Å². The van der Waals surface area contributed by atoms with Gasteiger partial charge < -0.3 is 14.6 Å². The molecule has 0 unspecified atom stereocenters. The highest BCUT2D eigenvalue weighted by Crippen LogP contribution is 2.37. The molecule has 0 aromatic carbocycles. The lowest BCUT2D eigenvalue weighted by atomic mass is 9.89. The highest BCUT2D eigenvalue weighted by Gasteiger charge is 2.49. The number of hydrogen-bond acceptors (Lipinski definition) is 4. The average Bonchev–Trinajstić information content (AvgIpc) is 2.55. The summed E-state index contributed by atoms with van der Waals surface area (Å²) in [5.74, 6) is 2.53. The zero-order chi connectivity index (χ0) is 15.1. The van der Waals surface area contributed by atoms with Crippen molar-refractivity contribution >= 4 is 13.2 Å². The van der Waals surface area contributed by atoms with E-state index in [1.165, 1.54) is 5.69 Å². The highest BCUT2D eigenvalue weighted by atomic mass is 16.7. The second kappa shape index (κ2) is 5.23. The summed E-state index contributed by atoms with van der Waals surface area (Å²) in [6.45, 7) is 10.3. The number of hydrogen-bond donors (Lipinski definition) is 1. The van der Waals surface area contributed by atoms with Crippen LogP contribution in [0.3, 0.4) is 0 Å². The molecule has 2 fully saturated rings. The predicted octanol–water partition coefficient (Wildman–Crippen LogP) is 2.41. The van der Waals surface area contributed by atoms with Crippen LogP contribution in [0.25, 0.3) is 6.08 Å². The Labute approximate surface area is 127 Å². The van der Waals surface area contributed by atoms with Gasteiger partial charge in [0.1, 0.15) is 0 Å². The van der Waals surface area contributed by atoms with Gasteiger partial charge in [-0.3, -0.25) is 4.98 Å². The van der Waals surface area contributed by atoms with Gasteiger partial charge in [0.05, 0.1) is 11.2 Å². The fourth-order valence-electron chi connectivity index (χ4n) is 2.41. The van der Waals surface area contributed by atoms with Crippen molar-refractivity contribution in [2.45, 2.75) is 44.8 Å². The summed E-state index contributed by atoms with van der Waals surface area (Å²) >= 11 is 0. The van der Waals surface area contributed by atoms with E-state index in [0.717, 1.165) is 18.7 Å². The van der Waals surface area contributed by atoms with Gasteiger partial charge in [0.2, 0.25) is 0 Å². The van der Waals surface area contributed by atoms with Gasteiger partial charge >= 0.3 is 7.12 Å². The molecule has 0 aliphatic carbocycles. The van der Waals surface area contributed by atoms with Crippen LogP contribution in [0.1, 0.15) is 44.9 Å². The summed E-state index contributed by atoms with van der Waals surface area (Å²) in [5.41, 5.74) is 1.66. The molecular formula is C16H23BN2O2. The van der Waals surface area contributed by atoms with Crippen molar-refractivity contribution in [2.75, 3.05) is 13.1 Å². The van der Waals surface area contributed by atoms with Gasteiger partial charge in [0, 0.05) is 30.9 Å². The molecule has 0 radical (unpaired) electrons. The van der Waals surface area contributed by atoms with Crippen molar-refractivity contribution in [1.82, 2.24) is 10.3 Å². The van der Waals surface area contributed by atoms with E-state index in [1.807, 2.05) is 18.2 Å². The monoisotopic (exact) mass is 286 g/mol. The minimum absolute atomic E-state index is 0.290. The largest absolute Gasteiger partial charge is 0.487 e. The molecule has 112 valence electrons. The van der Waals surface area contributed by atoms with Gasteiger partial charge in [0.15, 0.2) is 0 Å². The number of rotatable bonds is 3. The zero-order valence-electron chi connectivity index (χ0n) is 13.2. The Balaban J connectivity index is 1.64. The van der Waals surface area contributed by atoms with Crippen LogP contribution in [0, 0.1) is 0 Å². The quantitative estimate of drug-likeness (QED) is 0.867. The van der Waals surface area contributed by atoms with Crippen LogP contribution >= 0.6 is 0 Å². The summed E-state index contributed by atoms with van der Waals surface area (Å²) in [6, 6.07) is 4.21. The van der Waals surface area contributed by atoms with Crippen LogP contribution in [0.4, 0.5) is 0 Å². The normalized spacial score (nSPS) is 24.5. The molecule has 3 rings (SSSR count). The third-order valence-electron chi connectivity index (χ3n) is 4.73. The van der Waals surface area contributed by atoms with Gasteiger partial charge in [-0.05, 0) is 39.3 Å². The van der Waals surface area contributed by atoms with Crippen molar-refractivity contribution in [3.63, 3.8) is 0 Å². The van der Waals surface area contributed by atoms with E-state index in [9.17, 15) is 0 Å². The molecule has 3 heterocycles. The molecule has 0 spiro atoms. The van der Waals surface area contributed by atoms with Crippen LogP contribution in [-0.4, -0.2) is 36.4 Å². The molecular weight excluding hydrogens is 263 g/mol. The van der Waals surface area contributed by atoms with Gasteiger partial charge in [-0.15, -0.1) is 0 Å². The van der Waals surface area contributed by atoms with Gasteiger partial charge in [-0.25, -0.2) is 0 Å². The maximum Gasteiger partial charge on any atom is 0.487 e. The fraction of sp³-hybridized carbons (Fsp3) is 0.562. The number of nitrogens with zero attached hydrogens (tertiary/aromatic N) is 1. The van der Waals surface area contributed by atoms with Crippen LogP contribution < -0.4 is 5.32 Å². The Bertz CT molecular complexity index is 520. The topological polar surface area (TPSA) is 43.4 Å². The molecule has 5 heteroatoms. The molecule has 0 atom stereocenters. The van der Waals surface area contributed by atoms with Gasteiger partial charge in [-0.2, -0.15) is 0 Å². The first-order valence-corrected chi connectivity index (χ1v) is 7.58. The molecule has 4 nitrogen and oxygen atoms in total. The van der Waals surface area contributed by atoms with Crippen LogP contribution in [0.2, 0.25) is 0 Å². The Morgan fingerprint density at radius 1 is 1.19 bits per heavy atom. The average molecular weight is 286 g/mol. The third-order valence-corrected chi connectivity index (χ3v) is 4.73. The van der Waals surface area contributed by atoms with E-state index in [-0.39, 0.29) is 18.3 Å². The van der Waals surface area contributed by atoms with E-state index >= 15 is 0 Å². The number of pyridine rings is 1. The summed E-state index contributed by atoms with van der Waals surface area (Å²) in [4.78, 5) is 4.53. The van der Waals surface area contributed by atoms with Crippen LogP contribution in [0.5, 0.6) is 0 Å². The lowest BCUT2D eigenvalue weighted by Gasteiger charge is -2.32. The molecule has 2 aliphatic heterocycles. The van der Waals surface area contributed by atoms with E-state index < -0.39 is 0 Å². The molecule has 0 bridgehead atoms. The molecule has 0 amide bonds. The van der Waals surface area contributed by atoms with Crippen LogP contribution in [-0.2, 0) is 9.31 Å². The van der Waals surface area contributed by atoms with Crippen LogP contribution in [0.15, 0.2) is 24.3 Å². The molecule has 0 saturated carbocycles. The minimum atomic E-state index is -0.300. The second-order valence-electron chi connectivity index (χ2n) is 6.86. The Hall–Kier alpha value is -1.17. The molecule has 2 aliphatic rings. The maximum absolute atomic E-state index is 5.94. The van der Waals surface area contributed by atoms with Crippen molar-refractivity contribution in [3.8, 4) is 0 Å². The zero-order valence-corrected chi connectivity index (χ0v) is 13.2. The molecule has 2 saturated heterocycles. The highest BCUT2D eigenvalue weighted by molar-refractivity contribution is 6.52. The van der Waals surface area contributed by atoms with Crippen molar-refractivity contribution < 1.29 is 9.31 Å². The summed E-state index contributed by atoms with van der Waals surface area (Å²) < 4.78 is 11.9. The lowest BCUT2D eigenvalue weighted by Crippen LogP contribution is -2.41. The first kappa shape index (κ1) is 14.8. The fourth-order valence-corrected chi connectivity index (χ4v) is 2.41. The Kier molecular flexibility index (Phi) is 3.68. The number of aromatic nitrogens is 1. The minimum Gasteiger partial charge on any atom is -0.400 e. The van der Waals surface area contributed by atoms with E-state index in [2.05, 4.69) is 50.1 Å². The lowest BCUT2D eigenvalue weighted by molar-refractivity contribution is 0.00578. The van der Waals surface area contributed by atoms with E-state index in [1.54, 1.807) is 0 Å². The first-order valence-electron chi connectivity index (χ1n) is 7.58. The molecule has 1 aromatic rings. The van der Waals surface area contributed by atoms with Gasteiger partial charge in [-0.1, -0.05) is 18.1 Å². The standard InChI is InChI=1S/C16H23BN2O2/c1-15(2)16(3,4)21-17(20-15)8-7-12-5-6-14(19-9-12)13-10-18-11-13/h5-9,13,18H,10-11H2,1-4H3/b8-7+. The molecule has 1 N–H and O–H groups in total. The third kappa shape index (κ3) is 2.91. The van der Waals surface area contributed by atoms with Crippen molar-refractivity contribution in [2.24, 2.45) is 0 Å². The summed E-state index contributed by atoms with van der Waals surface area (Å²) in [5, 5.41) is 3.26. The smallest absolute Gasteiger partial charge is 0.400 e. The first-order chi connectivity index (χ1) is 9.87. The Morgan fingerprint density at radius 3 is 2.33 bits per heavy atom. The SMILES string of the molecule is CC1(C)OB(/C=C/c2ccc(C3CNC3)nc2)OC1(C)C. The Morgan fingerprint density at radius 2 is 1.86 bits per heavy atom. The van der Waals surface area contributed by atoms with Crippen molar-refractivity contribution in [3.05, 3.63) is 35.6 Å². The molecule has 1 aromatic heterocycles. The molecule has 21 heavy (non-hydrogen) atoms. The summed E-state index contributed by atoms with van der Waals surface area (Å²) in [6.07, 6.45) is 3.92.